The van der Waals surface area contributed by atoms with Crippen molar-refractivity contribution in [1.82, 2.24) is 10.2 Å². The van der Waals surface area contributed by atoms with Crippen LogP contribution in [0.4, 0.5) is 0 Å². The normalized spacial score (nSPS) is 18.6. The van der Waals surface area contributed by atoms with Gasteiger partial charge in [0, 0.05) is 46.4 Å². The second kappa shape index (κ2) is 10.5. The van der Waals surface area contributed by atoms with Gasteiger partial charge in [0.05, 0.1) is 13.2 Å². The van der Waals surface area contributed by atoms with Gasteiger partial charge in [-0.25, -0.2) is 0 Å². The van der Waals surface area contributed by atoms with Gasteiger partial charge in [0.15, 0.2) is 0 Å². The van der Waals surface area contributed by atoms with Gasteiger partial charge in [0.2, 0.25) is 0 Å². The molecule has 1 aliphatic rings. The van der Waals surface area contributed by atoms with Crippen LogP contribution in [0.15, 0.2) is 0 Å². The minimum absolute atomic E-state index is 0.435. The summed E-state index contributed by atoms with van der Waals surface area (Å²) in [5.74, 6) is 0. The molecule has 1 N–H and O–H groups in total. The monoisotopic (exact) mass is 300 g/mol. The van der Waals surface area contributed by atoms with Crippen molar-refractivity contribution in [3.8, 4) is 0 Å². The molecule has 0 spiro atoms. The fraction of sp³-hybridized carbons (Fsp3) is 1.00. The Labute approximate surface area is 131 Å². The number of hydrogen-bond donors (Lipinski definition) is 1. The van der Waals surface area contributed by atoms with E-state index >= 15 is 0 Å². The van der Waals surface area contributed by atoms with E-state index in [0.29, 0.717) is 11.5 Å². The van der Waals surface area contributed by atoms with E-state index in [1.807, 2.05) is 0 Å². The molecule has 1 fully saturated rings. The van der Waals surface area contributed by atoms with E-state index in [9.17, 15) is 0 Å². The lowest BCUT2D eigenvalue weighted by molar-refractivity contribution is 0.0592. The zero-order valence-corrected chi connectivity index (χ0v) is 14.6. The number of ether oxygens (including phenoxy) is 2. The highest BCUT2D eigenvalue weighted by molar-refractivity contribution is 4.88. The molecule has 0 aromatic heterocycles. The first-order valence-electron chi connectivity index (χ1n) is 8.55. The highest BCUT2D eigenvalue weighted by Crippen LogP contribution is 2.36. The molecular weight excluding hydrogens is 264 g/mol. The van der Waals surface area contributed by atoms with Crippen molar-refractivity contribution >= 4 is 0 Å². The maximum atomic E-state index is 5.27. The van der Waals surface area contributed by atoms with E-state index in [0.717, 1.165) is 32.8 Å². The molecule has 0 saturated heterocycles. The predicted octanol–water partition coefficient (Wildman–Crippen LogP) is 2.53. The molecule has 0 atom stereocenters. The molecule has 126 valence electrons. The summed E-state index contributed by atoms with van der Waals surface area (Å²) in [6.07, 6.45) is 6.86. The van der Waals surface area contributed by atoms with Crippen LogP contribution in [0.25, 0.3) is 0 Å². The molecule has 0 bridgehead atoms. The Bertz CT molecular complexity index is 245. The third-order valence-corrected chi connectivity index (χ3v) is 4.58. The van der Waals surface area contributed by atoms with E-state index in [1.165, 1.54) is 38.6 Å². The highest BCUT2D eigenvalue weighted by Gasteiger charge is 2.33. The largest absolute Gasteiger partial charge is 0.383 e. The molecule has 0 radical (unpaired) electrons. The second-order valence-electron chi connectivity index (χ2n) is 6.86. The van der Waals surface area contributed by atoms with Crippen molar-refractivity contribution in [2.75, 3.05) is 53.6 Å². The fourth-order valence-electron chi connectivity index (χ4n) is 3.30. The minimum atomic E-state index is 0.435. The lowest BCUT2D eigenvalue weighted by Crippen LogP contribution is -2.48. The van der Waals surface area contributed by atoms with Crippen molar-refractivity contribution in [2.45, 2.75) is 52.0 Å². The van der Waals surface area contributed by atoms with E-state index in [1.54, 1.807) is 14.2 Å². The summed E-state index contributed by atoms with van der Waals surface area (Å²) < 4.78 is 10.5. The number of nitrogens with zero attached hydrogens (tertiary/aromatic N) is 1. The van der Waals surface area contributed by atoms with Gasteiger partial charge in [-0.1, -0.05) is 33.1 Å². The Kier molecular flexibility index (Phi) is 9.49. The average molecular weight is 300 g/mol. The van der Waals surface area contributed by atoms with Crippen LogP contribution in [0.5, 0.6) is 0 Å². The molecule has 0 aliphatic heterocycles. The Hall–Kier alpha value is -0.160. The maximum Gasteiger partial charge on any atom is 0.0589 e. The van der Waals surface area contributed by atoms with Gasteiger partial charge in [-0.15, -0.1) is 0 Å². The molecule has 0 heterocycles. The first-order valence-corrected chi connectivity index (χ1v) is 8.55. The van der Waals surface area contributed by atoms with Crippen LogP contribution in [0.2, 0.25) is 0 Å². The average Bonchev–Trinajstić information content (AvgIpc) is 2.49. The van der Waals surface area contributed by atoms with Crippen molar-refractivity contribution < 1.29 is 9.47 Å². The molecule has 4 nitrogen and oxygen atoms in total. The minimum Gasteiger partial charge on any atom is -0.383 e. The van der Waals surface area contributed by atoms with Gasteiger partial charge in [-0.05, 0) is 18.3 Å². The van der Waals surface area contributed by atoms with E-state index in [2.05, 4.69) is 24.1 Å². The number of nitrogens with one attached hydrogen (secondary N) is 1. The second-order valence-corrected chi connectivity index (χ2v) is 6.86. The molecule has 21 heavy (non-hydrogen) atoms. The summed E-state index contributed by atoms with van der Waals surface area (Å²) in [5.41, 5.74) is 0.435. The summed E-state index contributed by atoms with van der Waals surface area (Å²) in [6, 6.07) is 0.565. The van der Waals surface area contributed by atoms with Crippen molar-refractivity contribution in [3.05, 3.63) is 0 Å². The quantitative estimate of drug-likeness (QED) is 0.636. The smallest absolute Gasteiger partial charge is 0.0589 e. The predicted molar refractivity (Wildman–Crippen MR) is 88.8 cm³/mol. The van der Waals surface area contributed by atoms with Gasteiger partial charge in [-0.2, -0.15) is 0 Å². The first kappa shape index (κ1) is 18.9. The summed E-state index contributed by atoms with van der Waals surface area (Å²) in [6.45, 7) is 10.4. The van der Waals surface area contributed by atoms with Crippen molar-refractivity contribution in [1.29, 1.82) is 0 Å². The van der Waals surface area contributed by atoms with E-state index < -0.39 is 0 Å². The Morgan fingerprint density at radius 2 is 1.57 bits per heavy atom. The van der Waals surface area contributed by atoms with E-state index in [-0.39, 0.29) is 0 Å². The van der Waals surface area contributed by atoms with Crippen LogP contribution in [0, 0.1) is 5.41 Å². The van der Waals surface area contributed by atoms with Crippen LogP contribution in [-0.2, 0) is 9.47 Å². The van der Waals surface area contributed by atoms with Crippen LogP contribution >= 0.6 is 0 Å². The van der Waals surface area contributed by atoms with Gasteiger partial charge in [0.1, 0.15) is 0 Å². The lowest BCUT2D eigenvalue weighted by Gasteiger charge is -2.42. The van der Waals surface area contributed by atoms with Gasteiger partial charge in [-0.3, -0.25) is 4.90 Å². The molecule has 0 aromatic rings. The van der Waals surface area contributed by atoms with Gasteiger partial charge >= 0.3 is 0 Å². The lowest BCUT2D eigenvalue weighted by atomic mass is 9.73. The molecule has 0 unspecified atom stereocenters. The molecule has 0 aromatic carbocycles. The Morgan fingerprint density at radius 1 is 1.00 bits per heavy atom. The summed E-state index contributed by atoms with van der Waals surface area (Å²) in [4.78, 5) is 2.53. The van der Waals surface area contributed by atoms with Crippen molar-refractivity contribution in [3.63, 3.8) is 0 Å². The van der Waals surface area contributed by atoms with Crippen LogP contribution in [0.3, 0.4) is 0 Å². The fourth-order valence-corrected chi connectivity index (χ4v) is 3.30. The molecule has 1 aliphatic carbocycles. The van der Waals surface area contributed by atoms with Crippen LogP contribution in [-0.4, -0.2) is 64.6 Å². The molecule has 1 saturated carbocycles. The Balaban J connectivity index is 2.60. The Morgan fingerprint density at radius 3 is 2.05 bits per heavy atom. The van der Waals surface area contributed by atoms with Gasteiger partial charge < -0.3 is 14.8 Å². The van der Waals surface area contributed by atoms with E-state index in [4.69, 9.17) is 9.47 Å². The zero-order chi connectivity index (χ0) is 15.6. The number of hydrogen-bond acceptors (Lipinski definition) is 4. The molecule has 1 rings (SSSR count). The number of rotatable bonds is 11. The topological polar surface area (TPSA) is 33.7 Å². The van der Waals surface area contributed by atoms with Crippen LogP contribution < -0.4 is 5.32 Å². The summed E-state index contributed by atoms with van der Waals surface area (Å²) in [5, 5.41) is 3.68. The standard InChI is InChI=1S/C17H36N2O2/c1-16(2)18-14-17(8-6-5-7-9-17)15-19(10-12-20-3)11-13-21-4/h16,18H,5-15H2,1-4H3. The SMILES string of the molecule is COCCN(CCOC)CC1(CNC(C)C)CCCCC1. The molecule has 0 amide bonds. The summed E-state index contributed by atoms with van der Waals surface area (Å²) >= 11 is 0. The molecular formula is C17H36N2O2. The maximum absolute atomic E-state index is 5.27. The van der Waals surface area contributed by atoms with Crippen molar-refractivity contribution in [2.24, 2.45) is 5.41 Å². The third-order valence-electron chi connectivity index (χ3n) is 4.58. The first-order chi connectivity index (χ1) is 10.1. The number of methoxy groups -OCH3 is 2. The highest BCUT2D eigenvalue weighted by atomic mass is 16.5. The summed E-state index contributed by atoms with van der Waals surface area (Å²) in [7, 11) is 3.57. The van der Waals surface area contributed by atoms with Gasteiger partial charge in [0.25, 0.3) is 0 Å². The zero-order valence-electron chi connectivity index (χ0n) is 14.6. The van der Waals surface area contributed by atoms with Crippen LogP contribution in [0.1, 0.15) is 46.0 Å². The molecule has 4 heteroatoms. The third kappa shape index (κ3) is 7.59.